The van der Waals surface area contributed by atoms with E-state index in [-0.39, 0.29) is 31.0 Å². The summed E-state index contributed by atoms with van der Waals surface area (Å²) in [7, 11) is -3.84. The number of halogens is 4. The molecule has 0 aliphatic rings. The fraction of sp³-hybridized carbons (Fsp3) is 0.650. The zero-order chi connectivity index (χ0) is 22.9. The number of benzene rings is 1. The molecule has 0 bridgehead atoms. The fourth-order valence-electron chi connectivity index (χ4n) is 3.05. The Morgan fingerprint density at radius 3 is 2.43 bits per heavy atom. The van der Waals surface area contributed by atoms with Crippen LogP contribution in [-0.2, 0) is 21.0 Å². The molecule has 0 spiro atoms. The van der Waals surface area contributed by atoms with Gasteiger partial charge in [-0.2, -0.15) is 13.2 Å². The number of carbonyl (C=O) groups is 1. The highest BCUT2D eigenvalue weighted by molar-refractivity contribution is 7.92. The van der Waals surface area contributed by atoms with Gasteiger partial charge in [-0.25, -0.2) is 8.42 Å². The maximum Gasteiger partial charge on any atom is 0.417 e. The van der Waals surface area contributed by atoms with E-state index in [1.165, 1.54) is 6.07 Å². The van der Waals surface area contributed by atoms with E-state index < -0.39 is 26.8 Å². The van der Waals surface area contributed by atoms with E-state index in [1.807, 2.05) is 0 Å². The van der Waals surface area contributed by atoms with Gasteiger partial charge in [-0.1, -0.05) is 44.7 Å². The Balaban J connectivity index is 2.75. The normalized spacial score (nSPS) is 13.2. The lowest BCUT2D eigenvalue weighted by molar-refractivity contribution is -0.137. The van der Waals surface area contributed by atoms with Gasteiger partial charge >= 0.3 is 6.18 Å². The molecule has 0 saturated carbocycles. The van der Waals surface area contributed by atoms with Crippen molar-refractivity contribution >= 4 is 33.2 Å². The quantitative estimate of drug-likeness (QED) is 0.454. The molecule has 1 N–H and O–H groups in total. The smallest absolute Gasteiger partial charge is 0.356 e. The maximum absolute atomic E-state index is 13.1. The number of nitrogens with one attached hydrogen (secondary N) is 1. The average molecular weight is 471 g/mol. The van der Waals surface area contributed by atoms with Crippen LogP contribution in [0.15, 0.2) is 18.2 Å². The summed E-state index contributed by atoms with van der Waals surface area (Å²) in [6.45, 7) is 4.63. The van der Waals surface area contributed by atoms with E-state index in [2.05, 4.69) is 19.2 Å². The first-order chi connectivity index (χ1) is 13.9. The van der Waals surface area contributed by atoms with Gasteiger partial charge in [0.05, 0.1) is 22.5 Å². The Morgan fingerprint density at radius 1 is 1.23 bits per heavy atom. The molecule has 0 saturated heterocycles. The maximum atomic E-state index is 13.1. The number of anilines is 1. The molecule has 30 heavy (non-hydrogen) atoms. The second-order valence-electron chi connectivity index (χ2n) is 7.32. The van der Waals surface area contributed by atoms with Crippen molar-refractivity contribution in [3.8, 4) is 0 Å². The Bertz CT molecular complexity index is 801. The lowest BCUT2D eigenvalue weighted by atomic mass is 9.99. The van der Waals surface area contributed by atoms with Gasteiger partial charge in [0, 0.05) is 19.5 Å². The molecule has 5 nitrogen and oxygen atoms in total. The lowest BCUT2D eigenvalue weighted by Gasteiger charge is -2.23. The molecular formula is C20H30ClF3N2O3S. The van der Waals surface area contributed by atoms with E-state index >= 15 is 0 Å². The highest BCUT2D eigenvalue weighted by Crippen LogP contribution is 2.37. The van der Waals surface area contributed by atoms with E-state index in [0.717, 1.165) is 42.3 Å². The summed E-state index contributed by atoms with van der Waals surface area (Å²) in [5.74, 6) is 0.196. The zero-order valence-electron chi connectivity index (χ0n) is 17.6. The van der Waals surface area contributed by atoms with Crippen LogP contribution in [0, 0.1) is 5.92 Å². The van der Waals surface area contributed by atoms with Crippen LogP contribution in [0.3, 0.4) is 0 Å². The summed E-state index contributed by atoms with van der Waals surface area (Å²) in [5, 5.41) is 2.35. The number of hydrogen-bond donors (Lipinski definition) is 1. The van der Waals surface area contributed by atoms with Crippen LogP contribution in [0.4, 0.5) is 18.9 Å². The molecule has 0 heterocycles. The van der Waals surface area contributed by atoms with Crippen molar-refractivity contribution in [1.82, 2.24) is 5.32 Å². The molecule has 1 rings (SSSR count). The summed E-state index contributed by atoms with van der Waals surface area (Å²) >= 11 is 5.61. The largest absolute Gasteiger partial charge is 0.417 e. The Morgan fingerprint density at radius 2 is 1.90 bits per heavy atom. The second-order valence-corrected chi connectivity index (χ2v) is 9.64. The van der Waals surface area contributed by atoms with Crippen molar-refractivity contribution in [1.29, 1.82) is 0 Å². The minimum atomic E-state index is -4.70. The van der Waals surface area contributed by atoms with Gasteiger partial charge in [0.1, 0.15) is 0 Å². The summed E-state index contributed by atoms with van der Waals surface area (Å²) in [4.78, 5) is 12.1. The Labute approximate surface area is 182 Å². The Kier molecular flexibility index (Phi) is 10.4. The highest BCUT2D eigenvalue weighted by Gasteiger charge is 2.34. The SMILES string of the molecule is CCCC[C@H](CC)CNC(=O)CCCN(c1ccc(Cl)c(C(F)(F)F)c1)S(C)(=O)=O. The number of rotatable bonds is 12. The van der Waals surface area contributed by atoms with E-state index in [4.69, 9.17) is 11.6 Å². The van der Waals surface area contributed by atoms with Crippen LogP contribution in [-0.4, -0.2) is 33.7 Å². The summed E-state index contributed by atoms with van der Waals surface area (Å²) < 4.78 is 64.4. The predicted octanol–water partition coefficient (Wildman–Crippen LogP) is 5.24. The van der Waals surface area contributed by atoms with Crippen molar-refractivity contribution in [2.24, 2.45) is 5.92 Å². The number of hydrogen-bond acceptors (Lipinski definition) is 3. The number of amides is 1. The molecule has 1 aromatic rings. The molecule has 10 heteroatoms. The van der Waals surface area contributed by atoms with E-state index in [1.54, 1.807) is 0 Å². The van der Waals surface area contributed by atoms with Gasteiger partial charge in [-0.15, -0.1) is 0 Å². The number of nitrogens with zero attached hydrogens (tertiary/aromatic N) is 1. The third-order valence-electron chi connectivity index (χ3n) is 4.84. The third kappa shape index (κ3) is 8.71. The van der Waals surface area contributed by atoms with Gasteiger partial charge < -0.3 is 5.32 Å². The van der Waals surface area contributed by atoms with Gasteiger partial charge in [-0.05, 0) is 37.0 Å². The van der Waals surface area contributed by atoms with Crippen molar-refractivity contribution in [2.45, 2.75) is 58.5 Å². The van der Waals surface area contributed by atoms with Gasteiger partial charge in [0.15, 0.2) is 0 Å². The van der Waals surface area contributed by atoms with Crippen LogP contribution >= 0.6 is 11.6 Å². The highest BCUT2D eigenvalue weighted by atomic mass is 35.5. The van der Waals surface area contributed by atoms with Gasteiger partial charge in [-0.3, -0.25) is 9.10 Å². The van der Waals surface area contributed by atoms with Crippen LogP contribution in [0.1, 0.15) is 57.9 Å². The molecule has 0 fully saturated rings. The van der Waals surface area contributed by atoms with Crippen LogP contribution in [0.5, 0.6) is 0 Å². The van der Waals surface area contributed by atoms with E-state index in [0.29, 0.717) is 18.5 Å². The summed E-state index contributed by atoms with van der Waals surface area (Å²) in [6.07, 6.45) is 0.640. The molecule has 0 aromatic heterocycles. The first kappa shape index (κ1) is 26.6. The topological polar surface area (TPSA) is 66.5 Å². The zero-order valence-corrected chi connectivity index (χ0v) is 19.1. The standard InChI is InChI=1S/C20H30ClF3N2O3S/c1-4-6-8-15(5-2)14-25-19(27)9-7-12-26(30(3,28)29)16-10-11-18(21)17(13-16)20(22,23)24/h10-11,13,15H,4-9,12,14H2,1-3H3,(H,25,27)/t15-/m0/s1. The average Bonchev–Trinajstić information content (AvgIpc) is 2.64. The molecule has 1 amide bonds. The number of unbranched alkanes of at least 4 members (excludes halogenated alkanes) is 1. The van der Waals surface area contributed by atoms with Crippen LogP contribution in [0.2, 0.25) is 5.02 Å². The van der Waals surface area contributed by atoms with Gasteiger partial charge in [0.2, 0.25) is 15.9 Å². The van der Waals surface area contributed by atoms with E-state index in [9.17, 15) is 26.4 Å². The molecule has 1 aromatic carbocycles. The summed E-state index contributed by atoms with van der Waals surface area (Å²) in [5.41, 5.74) is -1.24. The van der Waals surface area contributed by atoms with Crippen molar-refractivity contribution < 1.29 is 26.4 Å². The number of sulfonamides is 1. The molecule has 172 valence electrons. The first-order valence-corrected chi connectivity index (χ1v) is 12.2. The molecule has 0 unspecified atom stereocenters. The van der Waals surface area contributed by atoms with Crippen LogP contribution < -0.4 is 9.62 Å². The predicted molar refractivity (Wildman–Crippen MR) is 114 cm³/mol. The molecular weight excluding hydrogens is 441 g/mol. The fourth-order valence-corrected chi connectivity index (χ4v) is 4.23. The molecule has 0 radical (unpaired) electrons. The van der Waals surface area contributed by atoms with Crippen molar-refractivity contribution in [2.75, 3.05) is 23.7 Å². The minimum Gasteiger partial charge on any atom is -0.356 e. The van der Waals surface area contributed by atoms with Gasteiger partial charge in [0.25, 0.3) is 0 Å². The minimum absolute atomic E-state index is 0.0793. The second kappa shape index (κ2) is 11.8. The number of alkyl halides is 3. The Hall–Kier alpha value is -1.48. The molecule has 1 atom stereocenters. The lowest BCUT2D eigenvalue weighted by Crippen LogP contribution is -2.33. The van der Waals surface area contributed by atoms with Crippen molar-refractivity contribution in [3.05, 3.63) is 28.8 Å². The van der Waals surface area contributed by atoms with Crippen LogP contribution in [0.25, 0.3) is 0 Å². The first-order valence-electron chi connectivity index (χ1n) is 10.0. The summed E-state index contributed by atoms with van der Waals surface area (Å²) in [6, 6.07) is 2.95. The third-order valence-corrected chi connectivity index (χ3v) is 6.36. The monoisotopic (exact) mass is 470 g/mol. The van der Waals surface area contributed by atoms with Crippen molar-refractivity contribution in [3.63, 3.8) is 0 Å². The molecule has 0 aliphatic carbocycles. The molecule has 0 aliphatic heterocycles. The number of carbonyl (C=O) groups excluding carboxylic acids is 1.